The van der Waals surface area contributed by atoms with Gasteiger partial charge in [-0.2, -0.15) is 0 Å². The van der Waals surface area contributed by atoms with Gasteiger partial charge in [-0.25, -0.2) is 0 Å². The smallest absolute Gasteiger partial charge is 0.303 e. The minimum Gasteiger partial charge on any atom is -0.481 e. The van der Waals surface area contributed by atoms with E-state index >= 15 is 0 Å². The van der Waals surface area contributed by atoms with E-state index in [1.54, 1.807) is 0 Å². The lowest BCUT2D eigenvalue weighted by Gasteiger charge is -2.05. The lowest BCUT2D eigenvalue weighted by molar-refractivity contribution is -0.492. The van der Waals surface area contributed by atoms with E-state index in [-0.39, 0.29) is 18.4 Å². The Morgan fingerprint density at radius 1 is 1.07 bits per heavy atom. The predicted octanol–water partition coefficient (Wildman–Crippen LogP) is 1.42. The number of hydrogen-bond donors (Lipinski definition) is 3. The molecule has 0 fully saturated rings. The van der Waals surface area contributed by atoms with Crippen molar-refractivity contribution in [3.63, 3.8) is 0 Å². The minimum absolute atomic E-state index is 0.220. The van der Waals surface area contributed by atoms with Gasteiger partial charge in [-0.1, -0.05) is 19.3 Å². The molecule has 84 valence electrons. The van der Waals surface area contributed by atoms with Gasteiger partial charge < -0.3 is 5.11 Å². The largest absolute Gasteiger partial charge is 0.481 e. The molecule has 0 heterocycles. The maximum Gasteiger partial charge on any atom is 0.303 e. The van der Waals surface area contributed by atoms with Gasteiger partial charge in [0, 0.05) is 6.42 Å². The lowest BCUT2D eigenvalue weighted by Crippen LogP contribution is -2.14. The summed E-state index contributed by atoms with van der Waals surface area (Å²) in [5.41, 5.74) is 0. The predicted molar refractivity (Wildman–Crippen MR) is 46.7 cm³/mol. The summed E-state index contributed by atoms with van der Waals surface area (Å²) in [7, 11) is 0. The molecule has 0 rings (SSSR count). The molecule has 0 spiro atoms. The van der Waals surface area contributed by atoms with E-state index in [4.69, 9.17) is 15.5 Å². The van der Waals surface area contributed by atoms with Crippen LogP contribution in [0, 0.1) is 0 Å². The van der Waals surface area contributed by atoms with E-state index in [0.29, 0.717) is 6.42 Å². The van der Waals surface area contributed by atoms with Crippen LogP contribution in [0.5, 0.6) is 0 Å². The number of carbonyl (C=O) groups is 1. The van der Waals surface area contributed by atoms with Crippen LogP contribution in [0.15, 0.2) is 0 Å². The Labute approximate surface area is 82.6 Å². The zero-order valence-electron chi connectivity index (χ0n) is 8.06. The van der Waals surface area contributed by atoms with Crippen molar-refractivity contribution in [3.05, 3.63) is 0 Å². The molecule has 0 radical (unpaired) electrons. The lowest BCUT2D eigenvalue weighted by atomic mass is 10.1. The molecule has 0 saturated carbocycles. The minimum atomic E-state index is -0.760. The van der Waals surface area contributed by atoms with Crippen molar-refractivity contribution in [2.75, 3.05) is 6.61 Å². The Kier molecular flexibility index (Phi) is 8.45. The van der Waals surface area contributed by atoms with Crippen molar-refractivity contribution in [2.24, 2.45) is 0 Å². The van der Waals surface area contributed by atoms with Gasteiger partial charge in [-0.3, -0.25) is 20.0 Å². The van der Waals surface area contributed by atoms with E-state index in [2.05, 4.69) is 4.84 Å². The number of carboxylic acids is 1. The van der Waals surface area contributed by atoms with Gasteiger partial charge in [-0.15, -0.1) is 0 Å². The average Bonchev–Trinajstić information content (AvgIpc) is 2.08. The Balaban J connectivity index is 2.96. The molecule has 0 aliphatic heterocycles. The SMILES string of the molecule is O=C(O)CCCCCCCON(O)O. The molecule has 3 N–H and O–H groups in total. The van der Waals surface area contributed by atoms with Crippen LogP contribution in [0.3, 0.4) is 0 Å². The van der Waals surface area contributed by atoms with Gasteiger partial charge in [0.1, 0.15) is 0 Å². The average molecular weight is 207 g/mol. The van der Waals surface area contributed by atoms with Gasteiger partial charge in [0.05, 0.1) is 12.0 Å². The molecule has 0 saturated heterocycles. The van der Waals surface area contributed by atoms with Gasteiger partial charge >= 0.3 is 5.97 Å². The Morgan fingerprint density at radius 3 is 2.21 bits per heavy atom. The molecular formula is C8H17NO5. The van der Waals surface area contributed by atoms with E-state index in [1.165, 1.54) is 0 Å². The molecule has 6 heteroatoms. The van der Waals surface area contributed by atoms with E-state index < -0.39 is 5.97 Å². The molecule has 0 bridgehead atoms. The van der Waals surface area contributed by atoms with Crippen LogP contribution in [-0.4, -0.2) is 33.5 Å². The summed E-state index contributed by atoms with van der Waals surface area (Å²) in [5.74, 6) is -0.760. The van der Waals surface area contributed by atoms with Crippen LogP contribution in [0.25, 0.3) is 0 Å². The van der Waals surface area contributed by atoms with Gasteiger partial charge in [0.2, 0.25) is 0 Å². The Bertz CT molecular complexity index is 151. The maximum absolute atomic E-state index is 10.1. The number of nitrogens with zero attached hydrogens (tertiary/aromatic N) is 1. The zero-order chi connectivity index (χ0) is 10.8. The number of unbranched alkanes of at least 4 members (excludes halogenated alkanes) is 4. The molecule has 0 aliphatic rings. The van der Waals surface area contributed by atoms with Crippen molar-refractivity contribution in [3.8, 4) is 0 Å². The van der Waals surface area contributed by atoms with Crippen LogP contribution in [0.1, 0.15) is 38.5 Å². The van der Waals surface area contributed by atoms with Gasteiger partial charge in [0.25, 0.3) is 0 Å². The highest BCUT2D eigenvalue weighted by Gasteiger charge is 1.97. The van der Waals surface area contributed by atoms with Crippen molar-refractivity contribution >= 4 is 5.97 Å². The van der Waals surface area contributed by atoms with Gasteiger partial charge in [0.15, 0.2) is 0 Å². The maximum atomic E-state index is 10.1. The Morgan fingerprint density at radius 2 is 1.64 bits per heavy atom. The molecular weight excluding hydrogens is 190 g/mol. The molecule has 0 atom stereocenters. The molecule has 14 heavy (non-hydrogen) atoms. The number of aliphatic carboxylic acids is 1. The molecule has 6 nitrogen and oxygen atoms in total. The van der Waals surface area contributed by atoms with Crippen molar-refractivity contribution in [2.45, 2.75) is 38.5 Å². The van der Waals surface area contributed by atoms with Crippen molar-refractivity contribution in [1.82, 2.24) is 5.39 Å². The fraction of sp³-hybridized carbons (Fsp3) is 0.875. The number of hydrogen-bond acceptors (Lipinski definition) is 5. The van der Waals surface area contributed by atoms with E-state index in [0.717, 1.165) is 25.7 Å². The number of rotatable bonds is 9. The first-order valence-electron chi connectivity index (χ1n) is 4.65. The summed E-state index contributed by atoms with van der Waals surface area (Å²) >= 11 is 0. The topological polar surface area (TPSA) is 90.2 Å². The molecule has 0 unspecified atom stereocenters. The van der Waals surface area contributed by atoms with Crippen LogP contribution < -0.4 is 0 Å². The molecule has 0 aromatic heterocycles. The third-order valence-electron chi connectivity index (χ3n) is 1.74. The van der Waals surface area contributed by atoms with Crippen LogP contribution in [-0.2, 0) is 9.63 Å². The fourth-order valence-corrected chi connectivity index (χ4v) is 1.05. The molecule has 0 amide bonds. The molecule has 0 aromatic carbocycles. The molecule has 0 aliphatic carbocycles. The van der Waals surface area contributed by atoms with Crippen LogP contribution in [0.4, 0.5) is 0 Å². The van der Waals surface area contributed by atoms with Crippen LogP contribution >= 0.6 is 0 Å². The van der Waals surface area contributed by atoms with E-state index in [9.17, 15) is 4.79 Å². The second kappa shape index (κ2) is 8.89. The van der Waals surface area contributed by atoms with Crippen LogP contribution in [0.2, 0.25) is 0 Å². The molecule has 0 aromatic rings. The summed E-state index contributed by atoms with van der Waals surface area (Å²) in [5, 5.41) is 24.3. The third-order valence-corrected chi connectivity index (χ3v) is 1.74. The first-order valence-corrected chi connectivity index (χ1v) is 4.65. The normalized spacial score (nSPS) is 10.8. The van der Waals surface area contributed by atoms with E-state index in [1.807, 2.05) is 0 Å². The summed E-state index contributed by atoms with van der Waals surface area (Å²) in [4.78, 5) is 14.5. The summed E-state index contributed by atoms with van der Waals surface area (Å²) in [6, 6.07) is 0. The summed E-state index contributed by atoms with van der Waals surface area (Å²) in [6.07, 6.45) is 4.36. The standard InChI is InChI=1S/C8H17NO5/c10-8(11)6-4-2-1-3-5-7-14-9(12)13/h12-13H,1-7H2,(H,10,11). The summed E-state index contributed by atoms with van der Waals surface area (Å²) in [6.45, 7) is 0.256. The van der Waals surface area contributed by atoms with Crippen molar-refractivity contribution < 1.29 is 25.2 Å². The summed E-state index contributed by atoms with van der Waals surface area (Å²) < 4.78 is 0. The second-order valence-corrected chi connectivity index (χ2v) is 3.00. The van der Waals surface area contributed by atoms with Gasteiger partial charge in [-0.05, 0) is 12.8 Å². The number of carboxylic acid groups (broad SMARTS) is 1. The highest BCUT2D eigenvalue weighted by Crippen LogP contribution is 2.05. The highest BCUT2D eigenvalue weighted by molar-refractivity contribution is 5.66. The monoisotopic (exact) mass is 207 g/mol. The fourth-order valence-electron chi connectivity index (χ4n) is 1.05. The second-order valence-electron chi connectivity index (χ2n) is 3.00. The first kappa shape index (κ1) is 13.3. The zero-order valence-corrected chi connectivity index (χ0v) is 8.06. The van der Waals surface area contributed by atoms with Crippen molar-refractivity contribution in [1.29, 1.82) is 0 Å². The first-order chi connectivity index (χ1) is 6.63. The quantitative estimate of drug-likeness (QED) is 0.391. The third kappa shape index (κ3) is 11.3. The highest BCUT2D eigenvalue weighted by atomic mass is 17.1. The Hall–Kier alpha value is -0.690.